The lowest BCUT2D eigenvalue weighted by atomic mass is 9.88. The highest BCUT2D eigenvalue weighted by molar-refractivity contribution is 6.21. The summed E-state index contributed by atoms with van der Waals surface area (Å²) in [7, 11) is 2.18. The van der Waals surface area contributed by atoms with Gasteiger partial charge in [0.25, 0.3) is 0 Å². The molecule has 0 aromatic heterocycles. The second-order valence-corrected chi connectivity index (χ2v) is 16.2. The third kappa shape index (κ3) is 7.69. The van der Waals surface area contributed by atoms with Crippen LogP contribution in [0.1, 0.15) is 17.5 Å². The maximum atomic E-state index is 2.43. The van der Waals surface area contributed by atoms with E-state index in [-0.39, 0.29) is 0 Å². The number of hydrogen-bond acceptors (Lipinski definition) is 2. The molecule has 0 N–H and O–H groups in total. The molecule has 0 saturated heterocycles. The van der Waals surface area contributed by atoms with Gasteiger partial charge in [-0.25, -0.2) is 0 Å². The number of rotatable bonds is 7. The van der Waals surface area contributed by atoms with Crippen LogP contribution in [0.2, 0.25) is 0 Å². The van der Waals surface area contributed by atoms with Crippen molar-refractivity contribution in [2.24, 2.45) is 0 Å². The first-order valence-corrected chi connectivity index (χ1v) is 21.8. The number of hydrogen-bond donors (Lipinski definition) is 0. The van der Waals surface area contributed by atoms with E-state index >= 15 is 0 Å². The maximum Gasteiger partial charge on any atom is 0.0575 e. The van der Waals surface area contributed by atoms with Gasteiger partial charge >= 0.3 is 0 Å². The second-order valence-electron chi connectivity index (χ2n) is 16.2. The van der Waals surface area contributed by atoms with Crippen LogP contribution >= 0.6 is 0 Å². The summed E-state index contributed by atoms with van der Waals surface area (Å²) in [6, 6.07) is 78.5. The molecule has 2 bridgehead atoms. The van der Waals surface area contributed by atoms with Crippen molar-refractivity contribution in [2.75, 3.05) is 16.8 Å². The number of anilines is 4. The van der Waals surface area contributed by atoms with Gasteiger partial charge in [-0.15, -0.1) is 0 Å². The number of nitrogens with zero attached hydrogens (tertiary/aromatic N) is 2. The summed E-state index contributed by atoms with van der Waals surface area (Å²) in [4.78, 5) is 4.76. The minimum atomic E-state index is 0.815. The Bertz CT molecular complexity index is 3190. The van der Waals surface area contributed by atoms with Gasteiger partial charge in [0.15, 0.2) is 0 Å². The highest BCUT2D eigenvalue weighted by Crippen LogP contribution is 2.45. The fourth-order valence-electron chi connectivity index (χ4n) is 9.32. The van der Waals surface area contributed by atoms with Crippen molar-refractivity contribution >= 4 is 55.6 Å². The highest BCUT2D eigenvalue weighted by atomic mass is 15.2. The monoisotopic (exact) mass is 808 g/mol. The molecule has 11 rings (SSSR count). The molecule has 302 valence electrons. The van der Waals surface area contributed by atoms with Gasteiger partial charge in [-0.3, -0.25) is 0 Å². The predicted molar refractivity (Wildman–Crippen MR) is 269 cm³/mol. The summed E-state index contributed by atoms with van der Waals surface area (Å²) in [6.45, 7) is 2.08. The van der Waals surface area contributed by atoms with Gasteiger partial charge in [0.1, 0.15) is 0 Å². The van der Waals surface area contributed by atoms with Crippen molar-refractivity contribution in [1.82, 2.24) is 0 Å². The smallest absolute Gasteiger partial charge is 0.0575 e. The number of fused-ring (bicyclic) bond motifs is 5. The number of para-hydroxylation sites is 3. The Morgan fingerprint density at radius 1 is 0.381 bits per heavy atom. The van der Waals surface area contributed by atoms with Crippen molar-refractivity contribution < 1.29 is 0 Å². The normalized spacial score (nSPS) is 12.9. The molecule has 63 heavy (non-hydrogen) atoms. The van der Waals surface area contributed by atoms with Crippen LogP contribution in [-0.4, -0.2) is 7.05 Å². The Morgan fingerprint density at radius 3 is 1.33 bits per heavy atom. The van der Waals surface area contributed by atoms with Gasteiger partial charge in [0.2, 0.25) is 0 Å². The van der Waals surface area contributed by atoms with Crippen LogP contribution in [0.3, 0.4) is 0 Å². The molecule has 9 aromatic rings. The van der Waals surface area contributed by atoms with E-state index in [1.165, 1.54) is 82.3 Å². The zero-order valence-corrected chi connectivity index (χ0v) is 35.7. The molecule has 2 heteroatoms. The molecule has 0 atom stereocenters. The molecule has 2 aliphatic rings. The van der Waals surface area contributed by atoms with E-state index in [4.69, 9.17) is 0 Å². The summed E-state index contributed by atoms with van der Waals surface area (Å²) >= 11 is 0. The third-order valence-electron chi connectivity index (χ3n) is 12.2. The van der Waals surface area contributed by atoms with Crippen molar-refractivity contribution in [3.05, 3.63) is 275 Å². The van der Waals surface area contributed by atoms with Crippen LogP contribution in [0, 0.1) is 6.92 Å². The summed E-state index contributed by atoms with van der Waals surface area (Å²) < 4.78 is 0. The zero-order valence-electron chi connectivity index (χ0n) is 35.7. The van der Waals surface area contributed by atoms with E-state index in [1.807, 2.05) is 18.2 Å². The number of benzene rings is 9. The molecular weight excluding hydrogens is 761 g/mol. The minimum absolute atomic E-state index is 0.815. The Morgan fingerprint density at radius 2 is 0.810 bits per heavy atom. The van der Waals surface area contributed by atoms with E-state index in [0.29, 0.717) is 0 Å². The lowest BCUT2D eigenvalue weighted by Crippen LogP contribution is -2.34. The summed E-state index contributed by atoms with van der Waals surface area (Å²) in [6.07, 6.45) is 9.82. The van der Waals surface area contributed by atoms with Gasteiger partial charge in [0, 0.05) is 46.5 Å². The van der Waals surface area contributed by atoms with E-state index < -0.39 is 0 Å². The standard InChI is InChI=1S/C54H40N2.C7H8/c1-55(42-21-5-2-6-22-42)54-49-31-17-14-28-46(49)52(47-29-15-18-32-50(47)54)39-35-33-38(34-36-39)51-40-19-11-12-20-41(37-40)53(48-30-16-13-27-45(48)51)56(43-23-7-3-8-24-43)44-25-9-4-10-26-44;1-7-5-3-2-4-6-7/h2-36H,37H2,1H3;2-6H,1H3. The molecule has 0 heterocycles. The van der Waals surface area contributed by atoms with Crippen LogP contribution in [0.15, 0.2) is 254 Å². The van der Waals surface area contributed by atoms with E-state index in [2.05, 4.69) is 248 Å². The van der Waals surface area contributed by atoms with Crippen LogP contribution < -0.4 is 20.2 Å². The third-order valence-corrected chi connectivity index (χ3v) is 12.2. The molecule has 0 radical (unpaired) electrons. The summed E-state index contributed by atoms with van der Waals surface area (Å²) in [5.74, 6) is 0. The highest BCUT2D eigenvalue weighted by Gasteiger charge is 2.26. The Hall–Kier alpha value is -7.94. The Kier molecular flexibility index (Phi) is 10.9. The van der Waals surface area contributed by atoms with Crippen LogP contribution in [0.4, 0.5) is 22.7 Å². The molecule has 9 aromatic carbocycles. The minimum Gasteiger partial charge on any atom is -0.344 e. The van der Waals surface area contributed by atoms with Gasteiger partial charge in [-0.2, -0.15) is 0 Å². The van der Waals surface area contributed by atoms with Gasteiger partial charge < -0.3 is 9.80 Å². The molecular formula is C61H48N2. The summed E-state index contributed by atoms with van der Waals surface area (Å²) in [5, 5.41) is 7.43. The van der Waals surface area contributed by atoms with Gasteiger partial charge in [-0.1, -0.05) is 212 Å². The van der Waals surface area contributed by atoms with Crippen molar-refractivity contribution in [1.29, 1.82) is 0 Å². The first-order valence-electron chi connectivity index (χ1n) is 21.8. The molecule has 0 saturated carbocycles. The van der Waals surface area contributed by atoms with Crippen molar-refractivity contribution in [3.63, 3.8) is 0 Å². The van der Waals surface area contributed by atoms with Crippen LogP contribution in [0.25, 0.3) is 43.9 Å². The molecule has 0 amide bonds. The largest absolute Gasteiger partial charge is 0.344 e. The Balaban J connectivity index is 0.000000616. The lowest BCUT2D eigenvalue weighted by molar-refractivity contribution is 1.18. The topological polar surface area (TPSA) is 6.48 Å². The predicted octanol–water partition coefficient (Wildman–Crippen LogP) is 14.4. The molecule has 0 aliphatic heterocycles. The number of allylic oxidation sites excluding steroid dienone is 5. The maximum absolute atomic E-state index is 2.43. The van der Waals surface area contributed by atoms with Crippen molar-refractivity contribution in [3.8, 4) is 11.1 Å². The average molecular weight is 809 g/mol. The zero-order chi connectivity index (χ0) is 42.5. The fraction of sp³-hybridized carbons (Fsp3) is 0.0492. The van der Waals surface area contributed by atoms with Gasteiger partial charge in [-0.05, 0) is 92.7 Å². The lowest BCUT2D eigenvalue weighted by Gasteiger charge is -2.29. The second kappa shape index (κ2) is 17.6. The van der Waals surface area contributed by atoms with Crippen molar-refractivity contribution in [2.45, 2.75) is 13.3 Å². The van der Waals surface area contributed by atoms with Crippen LogP contribution in [-0.2, 0) is 0 Å². The fourth-order valence-corrected chi connectivity index (χ4v) is 9.32. The van der Waals surface area contributed by atoms with E-state index in [1.54, 1.807) is 0 Å². The molecule has 0 unspecified atom stereocenters. The average Bonchev–Trinajstić information content (AvgIpc) is 3.67. The van der Waals surface area contributed by atoms with Crippen LogP contribution in [0.5, 0.6) is 0 Å². The first-order chi connectivity index (χ1) is 31.1. The Labute approximate surface area is 370 Å². The summed E-state index contributed by atoms with van der Waals surface area (Å²) in [5.41, 5.74) is 14.7. The molecule has 2 nitrogen and oxygen atoms in total. The molecule has 0 fully saturated rings. The molecule has 2 aliphatic carbocycles. The first kappa shape index (κ1) is 39.2. The van der Waals surface area contributed by atoms with E-state index in [9.17, 15) is 0 Å². The quantitative estimate of drug-likeness (QED) is 0.148. The van der Waals surface area contributed by atoms with E-state index in [0.717, 1.165) is 23.5 Å². The number of aryl methyl sites for hydroxylation is 1. The SMILES string of the molecule is CN(c1ccccc1)c1c2ccccc2c(-c2ccc(C3=c4ccccc4=C(N(c4ccccc4)c4ccccc4)C4=CC=CC=C3C4)cc2)c2ccccc12.Cc1ccccc1. The van der Waals surface area contributed by atoms with Gasteiger partial charge in [0.05, 0.1) is 11.4 Å². The molecule has 0 spiro atoms.